The van der Waals surface area contributed by atoms with Crippen LogP contribution in [0.5, 0.6) is 0 Å². The topological polar surface area (TPSA) is 111 Å². The van der Waals surface area contributed by atoms with E-state index in [1.54, 1.807) is 27.7 Å². The summed E-state index contributed by atoms with van der Waals surface area (Å²) in [6.45, 7) is 6.94. The normalized spacial score (nSPS) is 16.4. The van der Waals surface area contributed by atoms with Crippen LogP contribution in [-0.2, 0) is 15.0 Å². The SMILES string of the molecule is CC[C@H](C)[C@H](NS(=O)(=O)N(CC)CC(C)C#N)C(=O)O. The second-order valence-electron chi connectivity index (χ2n) is 4.81. The van der Waals surface area contributed by atoms with E-state index in [9.17, 15) is 13.2 Å². The van der Waals surface area contributed by atoms with Gasteiger partial charge in [-0.3, -0.25) is 4.79 Å². The highest BCUT2D eigenvalue weighted by Gasteiger charge is 2.31. The van der Waals surface area contributed by atoms with Crippen molar-refractivity contribution in [2.75, 3.05) is 13.1 Å². The Hall–Kier alpha value is -1.17. The smallest absolute Gasteiger partial charge is 0.322 e. The van der Waals surface area contributed by atoms with Gasteiger partial charge in [0.25, 0.3) is 10.2 Å². The van der Waals surface area contributed by atoms with E-state index in [0.717, 1.165) is 4.31 Å². The lowest BCUT2D eigenvalue weighted by Gasteiger charge is -2.26. The third-order valence-corrected chi connectivity index (χ3v) is 4.78. The molecule has 2 N–H and O–H groups in total. The van der Waals surface area contributed by atoms with Crippen molar-refractivity contribution in [3.63, 3.8) is 0 Å². The van der Waals surface area contributed by atoms with Crippen molar-refractivity contribution in [1.82, 2.24) is 9.03 Å². The van der Waals surface area contributed by atoms with E-state index in [1.807, 2.05) is 6.07 Å². The summed E-state index contributed by atoms with van der Waals surface area (Å²) >= 11 is 0. The maximum atomic E-state index is 12.2. The van der Waals surface area contributed by atoms with Crippen molar-refractivity contribution in [2.45, 2.75) is 40.2 Å². The molecule has 20 heavy (non-hydrogen) atoms. The Balaban J connectivity index is 5.10. The minimum Gasteiger partial charge on any atom is -0.480 e. The highest BCUT2D eigenvalue weighted by Crippen LogP contribution is 2.12. The number of carboxylic acids is 1. The van der Waals surface area contributed by atoms with E-state index < -0.39 is 28.1 Å². The fourth-order valence-electron chi connectivity index (χ4n) is 1.62. The monoisotopic (exact) mass is 305 g/mol. The lowest BCUT2D eigenvalue weighted by Crippen LogP contribution is -2.51. The molecule has 0 bridgehead atoms. The van der Waals surface area contributed by atoms with Gasteiger partial charge >= 0.3 is 5.97 Å². The van der Waals surface area contributed by atoms with Gasteiger partial charge < -0.3 is 5.11 Å². The molecule has 0 rings (SSSR count). The van der Waals surface area contributed by atoms with Gasteiger partial charge in [-0.25, -0.2) is 0 Å². The third kappa shape index (κ3) is 5.45. The molecule has 0 amide bonds. The maximum Gasteiger partial charge on any atom is 0.322 e. The minimum atomic E-state index is -3.93. The number of rotatable bonds is 9. The summed E-state index contributed by atoms with van der Waals surface area (Å²) in [7, 11) is -3.93. The molecule has 8 heteroatoms. The Kier molecular flexibility index (Phi) is 7.71. The van der Waals surface area contributed by atoms with Gasteiger partial charge in [0.1, 0.15) is 6.04 Å². The van der Waals surface area contributed by atoms with E-state index in [0.29, 0.717) is 6.42 Å². The summed E-state index contributed by atoms with van der Waals surface area (Å²) in [5.74, 6) is -1.99. The quantitative estimate of drug-likeness (QED) is 0.654. The highest BCUT2D eigenvalue weighted by molar-refractivity contribution is 7.87. The second kappa shape index (κ2) is 8.19. The van der Waals surface area contributed by atoms with Crippen LogP contribution in [0.2, 0.25) is 0 Å². The Morgan fingerprint density at radius 1 is 1.40 bits per heavy atom. The molecule has 0 aromatic carbocycles. The molecule has 0 saturated heterocycles. The first-order valence-corrected chi connectivity index (χ1v) is 8.03. The lowest BCUT2D eigenvalue weighted by atomic mass is 10.0. The number of aliphatic carboxylic acids is 1. The Morgan fingerprint density at radius 3 is 2.30 bits per heavy atom. The average molecular weight is 305 g/mol. The first-order valence-electron chi connectivity index (χ1n) is 6.59. The van der Waals surface area contributed by atoms with Gasteiger partial charge in [-0.15, -0.1) is 0 Å². The Labute approximate surface area is 120 Å². The van der Waals surface area contributed by atoms with Crippen molar-refractivity contribution < 1.29 is 18.3 Å². The van der Waals surface area contributed by atoms with Crippen LogP contribution in [0.15, 0.2) is 0 Å². The van der Waals surface area contributed by atoms with Gasteiger partial charge in [-0.2, -0.15) is 22.7 Å². The molecule has 116 valence electrons. The van der Waals surface area contributed by atoms with Crippen LogP contribution in [0.1, 0.15) is 34.1 Å². The average Bonchev–Trinajstić information content (AvgIpc) is 2.40. The van der Waals surface area contributed by atoms with Crippen LogP contribution in [0.4, 0.5) is 0 Å². The van der Waals surface area contributed by atoms with E-state index in [2.05, 4.69) is 4.72 Å². The van der Waals surface area contributed by atoms with E-state index in [1.165, 1.54) is 0 Å². The number of hydrogen-bond acceptors (Lipinski definition) is 4. The van der Waals surface area contributed by atoms with Crippen LogP contribution < -0.4 is 4.72 Å². The first-order chi connectivity index (χ1) is 9.19. The van der Waals surface area contributed by atoms with Gasteiger partial charge in [0, 0.05) is 13.1 Å². The predicted octanol–water partition coefficient (Wildman–Crippen LogP) is 0.802. The summed E-state index contributed by atoms with van der Waals surface area (Å²) < 4.78 is 27.7. The fourth-order valence-corrected chi connectivity index (χ4v) is 3.19. The Bertz CT molecular complexity index is 458. The second-order valence-corrected chi connectivity index (χ2v) is 6.51. The maximum absolute atomic E-state index is 12.2. The molecule has 7 nitrogen and oxygen atoms in total. The number of nitriles is 1. The largest absolute Gasteiger partial charge is 0.480 e. The fraction of sp³-hybridized carbons (Fsp3) is 0.833. The molecule has 1 unspecified atom stereocenters. The standard InChI is InChI=1S/C12H23N3O4S/c1-5-10(4)11(12(16)17)14-20(18,19)15(6-2)8-9(3)7-13/h9-11,14H,5-6,8H2,1-4H3,(H,16,17)/t9?,10-,11-/m0/s1. The molecule has 0 aromatic rings. The number of nitrogens with one attached hydrogen (secondary N) is 1. The summed E-state index contributed by atoms with van der Waals surface area (Å²) in [6.07, 6.45) is 0.542. The van der Waals surface area contributed by atoms with Crippen molar-refractivity contribution in [3.05, 3.63) is 0 Å². The summed E-state index contributed by atoms with van der Waals surface area (Å²) in [5, 5.41) is 17.9. The number of carbonyl (C=O) groups is 1. The summed E-state index contributed by atoms with van der Waals surface area (Å²) in [5.41, 5.74) is 0. The van der Waals surface area contributed by atoms with E-state index in [-0.39, 0.29) is 19.0 Å². The number of carboxylic acid groups (broad SMARTS) is 1. The molecule has 3 atom stereocenters. The highest BCUT2D eigenvalue weighted by atomic mass is 32.2. The van der Waals surface area contributed by atoms with Gasteiger partial charge in [-0.1, -0.05) is 27.2 Å². The molecule has 0 heterocycles. The van der Waals surface area contributed by atoms with Crippen LogP contribution in [0, 0.1) is 23.2 Å². The molecule has 0 aliphatic heterocycles. The molecule has 0 spiro atoms. The van der Waals surface area contributed by atoms with Crippen molar-refractivity contribution in [2.24, 2.45) is 11.8 Å². The molecular weight excluding hydrogens is 282 g/mol. The van der Waals surface area contributed by atoms with Crippen LogP contribution in [0.25, 0.3) is 0 Å². The molecule has 0 aliphatic carbocycles. The number of hydrogen-bond donors (Lipinski definition) is 2. The summed E-state index contributed by atoms with van der Waals surface area (Å²) in [6, 6.07) is 0.792. The van der Waals surface area contributed by atoms with Gasteiger partial charge in [0.05, 0.1) is 12.0 Å². The zero-order valence-corrected chi connectivity index (χ0v) is 13.1. The predicted molar refractivity (Wildman–Crippen MR) is 75.0 cm³/mol. The molecule has 0 radical (unpaired) electrons. The van der Waals surface area contributed by atoms with Crippen molar-refractivity contribution >= 4 is 16.2 Å². The van der Waals surface area contributed by atoms with Crippen molar-refractivity contribution in [3.8, 4) is 6.07 Å². The van der Waals surface area contributed by atoms with Crippen LogP contribution in [-0.4, -0.2) is 42.9 Å². The van der Waals surface area contributed by atoms with E-state index >= 15 is 0 Å². The Morgan fingerprint density at radius 2 is 1.95 bits per heavy atom. The molecule has 0 fully saturated rings. The third-order valence-electron chi connectivity index (χ3n) is 3.15. The van der Waals surface area contributed by atoms with Gasteiger partial charge in [-0.05, 0) is 12.8 Å². The zero-order valence-electron chi connectivity index (χ0n) is 12.3. The summed E-state index contributed by atoms with van der Waals surface area (Å²) in [4.78, 5) is 11.2. The van der Waals surface area contributed by atoms with Crippen LogP contribution >= 0.6 is 0 Å². The first kappa shape index (κ1) is 18.8. The van der Waals surface area contributed by atoms with Crippen LogP contribution in [0.3, 0.4) is 0 Å². The molecular formula is C12H23N3O4S. The zero-order chi connectivity index (χ0) is 15.9. The molecule has 0 aliphatic rings. The molecule has 0 saturated carbocycles. The minimum absolute atomic E-state index is 0.0369. The van der Waals surface area contributed by atoms with Gasteiger partial charge in [0.2, 0.25) is 0 Å². The number of nitrogens with zero attached hydrogens (tertiary/aromatic N) is 2. The molecule has 0 aromatic heterocycles. The van der Waals surface area contributed by atoms with Crippen molar-refractivity contribution in [1.29, 1.82) is 5.26 Å². The lowest BCUT2D eigenvalue weighted by molar-refractivity contribution is -0.140. The van der Waals surface area contributed by atoms with E-state index in [4.69, 9.17) is 10.4 Å². The van der Waals surface area contributed by atoms with Gasteiger partial charge in [0.15, 0.2) is 0 Å².